The highest BCUT2D eigenvalue weighted by Gasteiger charge is 2.22. The van der Waals surface area contributed by atoms with Crippen molar-refractivity contribution < 1.29 is 18.7 Å². The molecule has 1 heterocycles. The molecule has 1 aliphatic rings. The van der Waals surface area contributed by atoms with Gasteiger partial charge < -0.3 is 15.2 Å². The molecule has 0 aromatic heterocycles. The molecule has 0 spiro atoms. The van der Waals surface area contributed by atoms with Crippen LogP contribution in [0.5, 0.6) is 11.5 Å². The number of Topliss-reactive ketones (excluding diaryl/α,β-unsaturated/α-hetero) is 1. The summed E-state index contributed by atoms with van der Waals surface area (Å²) in [5.41, 5.74) is 6.02. The summed E-state index contributed by atoms with van der Waals surface area (Å²) in [6.07, 6.45) is -1.04. The Balaban J connectivity index is 2.45. The van der Waals surface area contributed by atoms with Gasteiger partial charge in [0.1, 0.15) is 19.4 Å². The van der Waals surface area contributed by atoms with Gasteiger partial charge in [-0.05, 0) is 25.6 Å². The van der Waals surface area contributed by atoms with Crippen molar-refractivity contribution in [1.29, 1.82) is 0 Å². The highest BCUT2D eigenvalue weighted by Crippen LogP contribution is 2.36. The first-order valence-electron chi connectivity index (χ1n) is 5.94. The highest BCUT2D eigenvalue weighted by atomic mass is 19.1. The highest BCUT2D eigenvalue weighted by molar-refractivity contribution is 5.98. The van der Waals surface area contributed by atoms with Crippen molar-refractivity contribution in [1.82, 2.24) is 0 Å². The van der Waals surface area contributed by atoms with Gasteiger partial charge in [0.2, 0.25) is 0 Å². The molecule has 0 bridgehead atoms. The van der Waals surface area contributed by atoms with Gasteiger partial charge in [-0.25, -0.2) is 4.39 Å². The molecule has 4 nitrogen and oxygen atoms in total. The van der Waals surface area contributed by atoms with E-state index in [0.717, 1.165) is 0 Å². The first kappa shape index (κ1) is 12.8. The van der Waals surface area contributed by atoms with Crippen molar-refractivity contribution in [2.45, 2.75) is 19.5 Å². The molecular formula is C13H16FNO3. The van der Waals surface area contributed by atoms with Crippen LogP contribution in [0.2, 0.25) is 0 Å². The molecule has 1 atom stereocenters. The summed E-state index contributed by atoms with van der Waals surface area (Å²) in [4.78, 5) is 11.9. The summed E-state index contributed by atoms with van der Waals surface area (Å²) in [6, 6.07) is 3.10. The van der Waals surface area contributed by atoms with E-state index in [4.69, 9.17) is 15.2 Å². The lowest BCUT2D eigenvalue weighted by Crippen LogP contribution is -2.17. The molecule has 1 aliphatic heterocycles. The largest absolute Gasteiger partial charge is 0.486 e. The van der Waals surface area contributed by atoms with Crippen LogP contribution in [0.1, 0.15) is 35.4 Å². The van der Waals surface area contributed by atoms with Crippen molar-refractivity contribution >= 4 is 5.78 Å². The number of ketones is 1. The monoisotopic (exact) mass is 253 g/mol. The lowest BCUT2D eigenvalue weighted by atomic mass is 9.97. The van der Waals surface area contributed by atoms with Crippen molar-refractivity contribution in [3.63, 3.8) is 0 Å². The summed E-state index contributed by atoms with van der Waals surface area (Å²) in [7, 11) is 0. The molecule has 5 heteroatoms. The van der Waals surface area contributed by atoms with Gasteiger partial charge >= 0.3 is 0 Å². The van der Waals surface area contributed by atoms with Crippen LogP contribution in [0.3, 0.4) is 0 Å². The summed E-state index contributed by atoms with van der Waals surface area (Å²) in [5.74, 6) is 0.810. The van der Waals surface area contributed by atoms with Gasteiger partial charge in [-0.15, -0.1) is 0 Å². The van der Waals surface area contributed by atoms with Crippen LogP contribution in [0, 0.1) is 0 Å². The zero-order valence-electron chi connectivity index (χ0n) is 10.2. The summed E-state index contributed by atoms with van der Waals surface area (Å²) < 4.78 is 24.4. The van der Waals surface area contributed by atoms with E-state index in [0.29, 0.717) is 35.8 Å². The Labute approximate surface area is 105 Å². The van der Waals surface area contributed by atoms with E-state index in [2.05, 4.69) is 0 Å². The van der Waals surface area contributed by atoms with Crippen LogP contribution in [-0.2, 0) is 0 Å². The molecule has 0 saturated heterocycles. The smallest absolute Gasteiger partial charge is 0.164 e. The first-order valence-corrected chi connectivity index (χ1v) is 5.94. The topological polar surface area (TPSA) is 61.6 Å². The Morgan fingerprint density at radius 3 is 2.56 bits per heavy atom. The predicted octanol–water partition coefficient (Wildman–Crippen LogP) is 2.02. The standard InChI is InChI=1S/C13H16FNO3/c1-8(14)9-6-12-13(18-5-4-17-12)7-10(9)11(16)2-3-15/h6-8H,2-5,15H2,1H3. The van der Waals surface area contributed by atoms with Gasteiger partial charge in [0, 0.05) is 17.5 Å². The molecular weight excluding hydrogens is 237 g/mol. The number of halogens is 1. The molecule has 1 aromatic rings. The zero-order valence-corrected chi connectivity index (χ0v) is 10.2. The normalized spacial score (nSPS) is 15.3. The molecule has 98 valence electrons. The third-order valence-corrected chi connectivity index (χ3v) is 2.81. The van der Waals surface area contributed by atoms with Gasteiger partial charge in [-0.2, -0.15) is 0 Å². The zero-order chi connectivity index (χ0) is 13.1. The molecule has 0 aliphatic carbocycles. The van der Waals surface area contributed by atoms with Crippen LogP contribution in [-0.4, -0.2) is 25.5 Å². The number of rotatable bonds is 4. The number of carbonyl (C=O) groups excluding carboxylic acids is 1. The van der Waals surface area contributed by atoms with Crippen molar-refractivity contribution in [3.05, 3.63) is 23.3 Å². The van der Waals surface area contributed by atoms with Crippen LogP contribution in [0.15, 0.2) is 12.1 Å². The van der Waals surface area contributed by atoms with Gasteiger partial charge in [0.25, 0.3) is 0 Å². The SMILES string of the molecule is CC(F)c1cc2c(cc1C(=O)CCN)OCCO2. The number of alkyl halides is 1. The van der Waals surface area contributed by atoms with E-state index in [-0.39, 0.29) is 18.7 Å². The molecule has 0 saturated carbocycles. The van der Waals surface area contributed by atoms with Crippen LogP contribution >= 0.6 is 0 Å². The number of ether oxygens (including phenoxy) is 2. The van der Waals surface area contributed by atoms with E-state index < -0.39 is 6.17 Å². The fraction of sp³-hybridized carbons (Fsp3) is 0.462. The lowest BCUT2D eigenvalue weighted by molar-refractivity contribution is 0.0981. The van der Waals surface area contributed by atoms with Crippen LogP contribution in [0.25, 0.3) is 0 Å². The van der Waals surface area contributed by atoms with Gasteiger partial charge in [0.05, 0.1) is 0 Å². The number of benzene rings is 1. The molecule has 18 heavy (non-hydrogen) atoms. The molecule has 1 aromatic carbocycles. The van der Waals surface area contributed by atoms with Gasteiger partial charge in [-0.3, -0.25) is 4.79 Å². The molecule has 0 fully saturated rings. The van der Waals surface area contributed by atoms with Crippen molar-refractivity contribution in [2.75, 3.05) is 19.8 Å². The van der Waals surface area contributed by atoms with E-state index >= 15 is 0 Å². The first-order chi connectivity index (χ1) is 8.63. The Bertz CT molecular complexity index is 460. The number of carbonyl (C=O) groups is 1. The Hall–Kier alpha value is -1.62. The fourth-order valence-corrected chi connectivity index (χ4v) is 1.94. The summed E-state index contributed by atoms with van der Waals surface area (Å²) in [6.45, 7) is 2.50. The minimum atomic E-state index is -1.24. The number of hydrogen-bond acceptors (Lipinski definition) is 4. The molecule has 0 radical (unpaired) electrons. The molecule has 2 N–H and O–H groups in total. The second-order valence-electron chi connectivity index (χ2n) is 4.16. The maximum absolute atomic E-state index is 13.6. The lowest BCUT2D eigenvalue weighted by Gasteiger charge is -2.21. The van der Waals surface area contributed by atoms with Crippen LogP contribution in [0.4, 0.5) is 4.39 Å². The van der Waals surface area contributed by atoms with Gasteiger partial charge in [0.15, 0.2) is 17.3 Å². The maximum atomic E-state index is 13.6. The van der Waals surface area contributed by atoms with E-state index in [1.54, 1.807) is 12.1 Å². The number of hydrogen-bond donors (Lipinski definition) is 1. The Kier molecular flexibility index (Phi) is 3.81. The van der Waals surface area contributed by atoms with Crippen LogP contribution < -0.4 is 15.2 Å². The third kappa shape index (κ3) is 2.46. The third-order valence-electron chi connectivity index (χ3n) is 2.81. The Morgan fingerprint density at radius 1 is 1.39 bits per heavy atom. The van der Waals surface area contributed by atoms with E-state index in [1.807, 2.05) is 0 Å². The second-order valence-corrected chi connectivity index (χ2v) is 4.16. The molecule has 1 unspecified atom stereocenters. The number of fused-ring (bicyclic) bond motifs is 1. The maximum Gasteiger partial charge on any atom is 0.164 e. The Morgan fingerprint density at radius 2 is 2.00 bits per heavy atom. The summed E-state index contributed by atoms with van der Waals surface area (Å²) >= 11 is 0. The minimum Gasteiger partial charge on any atom is -0.486 e. The second kappa shape index (κ2) is 5.35. The quantitative estimate of drug-likeness (QED) is 0.834. The molecule has 0 amide bonds. The molecule has 2 rings (SSSR count). The number of nitrogens with two attached hydrogens (primary N) is 1. The predicted molar refractivity (Wildman–Crippen MR) is 65.0 cm³/mol. The average Bonchev–Trinajstić information content (AvgIpc) is 2.37. The van der Waals surface area contributed by atoms with E-state index in [9.17, 15) is 9.18 Å². The van der Waals surface area contributed by atoms with Crippen molar-refractivity contribution in [2.24, 2.45) is 5.73 Å². The minimum absolute atomic E-state index is 0.172. The fourth-order valence-electron chi connectivity index (χ4n) is 1.94. The van der Waals surface area contributed by atoms with E-state index in [1.165, 1.54) is 6.92 Å². The van der Waals surface area contributed by atoms with Gasteiger partial charge in [-0.1, -0.05) is 0 Å². The van der Waals surface area contributed by atoms with Crippen molar-refractivity contribution in [3.8, 4) is 11.5 Å². The summed E-state index contributed by atoms with van der Waals surface area (Å²) in [5, 5.41) is 0. The average molecular weight is 253 g/mol.